The topological polar surface area (TPSA) is 103 Å². The third kappa shape index (κ3) is 7.10. The number of hydrogen-bond acceptors (Lipinski definition) is 7. The lowest BCUT2D eigenvalue weighted by atomic mass is 10.1. The number of anilines is 1. The predicted molar refractivity (Wildman–Crippen MR) is 107 cm³/mol. The average Bonchev–Trinajstić information content (AvgIpc) is 2.71. The molecule has 1 atom stereocenters. The van der Waals surface area contributed by atoms with Crippen molar-refractivity contribution in [1.29, 1.82) is 0 Å². The second-order valence-electron chi connectivity index (χ2n) is 6.04. The van der Waals surface area contributed by atoms with Gasteiger partial charge >= 0.3 is 5.97 Å². The fourth-order valence-corrected chi connectivity index (χ4v) is 2.22. The lowest BCUT2D eigenvalue weighted by Crippen LogP contribution is -2.31. The van der Waals surface area contributed by atoms with E-state index in [4.69, 9.17) is 14.3 Å². The highest BCUT2D eigenvalue weighted by atomic mass is 16.7. The largest absolute Gasteiger partial charge is 0.497 e. The van der Waals surface area contributed by atoms with E-state index in [-0.39, 0.29) is 5.78 Å². The van der Waals surface area contributed by atoms with Crippen LogP contribution >= 0.6 is 0 Å². The van der Waals surface area contributed by atoms with Gasteiger partial charge in [0.1, 0.15) is 5.75 Å². The van der Waals surface area contributed by atoms with Crippen LogP contribution in [-0.4, -0.2) is 43.7 Å². The fourth-order valence-electron chi connectivity index (χ4n) is 2.22. The number of carbonyl (C=O) groups is 3. The molecule has 8 heteroatoms. The summed E-state index contributed by atoms with van der Waals surface area (Å²) in [5.41, 5.74) is 1.67. The number of nitrogens with one attached hydrogen (secondary N) is 1. The average molecular weight is 398 g/mol. The molecule has 29 heavy (non-hydrogen) atoms. The van der Waals surface area contributed by atoms with Crippen molar-refractivity contribution in [2.24, 2.45) is 5.16 Å². The summed E-state index contributed by atoms with van der Waals surface area (Å²) in [6, 6.07) is 13.6. The molecular weight excluding hydrogens is 376 g/mol. The zero-order chi connectivity index (χ0) is 21.2. The van der Waals surface area contributed by atoms with Crippen molar-refractivity contribution >= 4 is 29.6 Å². The molecule has 152 valence electrons. The molecule has 2 aromatic rings. The summed E-state index contributed by atoms with van der Waals surface area (Å²) in [7, 11) is 1.57. The van der Waals surface area contributed by atoms with Gasteiger partial charge in [0, 0.05) is 11.3 Å². The zero-order valence-electron chi connectivity index (χ0n) is 16.4. The smallest absolute Gasteiger partial charge is 0.347 e. The summed E-state index contributed by atoms with van der Waals surface area (Å²) in [5, 5.41) is 6.28. The molecule has 0 aliphatic heterocycles. The Kier molecular flexibility index (Phi) is 7.90. The summed E-state index contributed by atoms with van der Waals surface area (Å²) < 4.78 is 10.1. The minimum absolute atomic E-state index is 0.118. The molecule has 0 fully saturated rings. The molecule has 0 aliphatic rings. The molecule has 0 bridgehead atoms. The van der Waals surface area contributed by atoms with Gasteiger partial charge in [0.25, 0.3) is 5.91 Å². The van der Waals surface area contributed by atoms with Gasteiger partial charge in [0.2, 0.25) is 6.61 Å². The van der Waals surface area contributed by atoms with E-state index >= 15 is 0 Å². The fraction of sp³-hybridized carbons (Fsp3) is 0.238. The van der Waals surface area contributed by atoms with Crippen LogP contribution in [0.4, 0.5) is 5.69 Å². The number of ether oxygens (including phenoxy) is 2. The third-order valence-corrected chi connectivity index (χ3v) is 3.79. The molecule has 0 unspecified atom stereocenters. The van der Waals surface area contributed by atoms with Crippen molar-refractivity contribution in [2.45, 2.75) is 20.0 Å². The number of amides is 1. The monoisotopic (exact) mass is 398 g/mol. The van der Waals surface area contributed by atoms with Gasteiger partial charge in [-0.1, -0.05) is 17.3 Å². The van der Waals surface area contributed by atoms with E-state index in [1.54, 1.807) is 55.6 Å². The minimum Gasteiger partial charge on any atom is -0.497 e. The Morgan fingerprint density at radius 1 is 1.14 bits per heavy atom. The van der Waals surface area contributed by atoms with E-state index in [1.807, 2.05) is 0 Å². The Labute approximate surface area is 168 Å². The Bertz CT molecular complexity index is 892. The SMILES string of the molecule is COc1ccc(/C=N\OCC(=O)O[C@H](C)C(=O)Nc2cccc(C(C)=O)c2)cc1. The number of esters is 1. The molecule has 0 aromatic heterocycles. The molecule has 1 amide bonds. The maximum atomic E-state index is 12.1. The number of oxime groups is 1. The molecule has 2 aromatic carbocycles. The lowest BCUT2D eigenvalue weighted by Gasteiger charge is -2.13. The van der Waals surface area contributed by atoms with E-state index in [1.165, 1.54) is 20.1 Å². The first-order valence-corrected chi connectivity index (χ1v) is 8.80. The van der Waals surface area contributed by atoms with E-state index < -0.39 is 24.6 Å². The lowest BCUT2D eigenvalue weighted by molar-refractivity contribution is -0.157. The zero-order valence-corrected chi connectivity index (χ0v) is 16.4. The normalized spacial score (nSPS) is 11.6. The Morgan fingerprint density at radius 3 is 2.52 bits per heavy atom. The molecule has 0 radical (unpaired) electrons. The van der Waals surface area contributed by atoms with Crippen LogP contribution in [0.2, 0.25) is 0 Å². The molecule has 2 rings (SSSR count). The Balaban J connectivity index is 1.77. The van der Waals surface area contributed by atoms with Gasteiger partial charge in [0.15, 0.2) is 11.9 Å². The molecule has 1 N–H and O–H groups in total. The molecule has 0 saturated heterocycles. The highest BCUT2D eigenvalue weighted by molar-refractivity contribution is 5.98. The van der Waals surface area contributed by atoms with Crippen molar-refractivity contribution in [3.63, 3.8) is 0 Å². The summed E-state index contributed by atoms with van der Waals surface area (Å²) in [4.78, 5) is 40.2. The van der Waals surface area contributed by atoms with Crippen LogP contribution in [0.1, 0.15) is 29.8 Å². The maximum absolute atomic E-state index is 12.1. The molecule has 8 nitrogen and oxygen atoms in total. The Hall–Kier alpha value is -3.68. The Morgan fingerprint density at radius 2 is 1.86 bits per heavy atom. The van der Waals surface area contributed by atoms with Crippen LogP contribution in [-0.2, 0) is 19.2 Å². The van der Waals surface area contributed by atoms with Crippen LogP contribution in [0, 0.1) is 0 Å². The van der Waals surface area contributed by atoms with Gasteiger partial charge in [-0.3, -0.25) is 9.59 Å². The highest BCUT2D eigenvalue weighted by Crippen LogP contribution is 2.12. The number of methoxy groups -OCH3 is 1. The van der Waals surface area contributed by atoms with Crippen LogP contribution in [0.15, 0.2) is 53.7 Å². The standard InChI is InChI=1S/C21H22N2O6/c1-14(24)17-5-4-6-18(11-17)23-21(26)15(2)29-20(25)13-28-22-12-16-7-9-19(27-3)10-8-16/h4-12,15H,13H2,1-3H3,(H,23,26)/b22-12-/t15-/m1/s1. The first kappa shape index (κ1) is 21.6. The summed E-state index contributed by atoms with van der Waals surface area (Å²) in [6.45, 7) is 2.43. The summed E-state index contributed by atoms with van der Waals surface area (Å²) in [6.07, 6.45) is 0.392. The second-order valence-corrected chi connectivity index (χ2v) is 6.04. The van der Waals surface area contributed by atoms with E-state index in [0.717, 1.165) is 5.56 Å². The predicted octanol–water partition coefficient (Wildman–Crippen LogP) is 2.82. The van der Waals surface area contributed by atoms with Gasteiger partial charge < -0.3 is 19.6 Å². The van der Waals surface area contributed by atoms with Crippen molar-refractivity contribution in [1.82, 2.24) is 0 Å². The van der Waals surface area contributed by atoms with Gasteiger partial charge in [-0.2, -0.15) is 0 Å². The number of Topliss-reactive ketones (excluding diaryl/α,β-unsaturated/α-hetero) is 1. The molecule has 0 heterocycles. The van der Waals surface area contributed by atoms with Crippen molar-refractivity contribution in [3.8, 4) is 5.75 Å². The van der Waals surface area contributed by atoms with Crippen LogP contribution in [0.5, 0.6) is 5.75 Å². The molecule has 0 aliphatic carbocycles. The third-order valence-electron chi connectivity index (χ3n) is 3.79. The van der Waals surface area contributed by atoms with Crippen molar-refractivity contribution in [2.75, 3.05) is 19.0 Å². The van der Waals surface area contributed by atoms with E-state index in [0.29, 0.717) is 17.0 Å². The molecule has 0 saturated carbocycles. The van der Waals surface area contributed by atoms with Gasteiger partial charge in [-0.05, 0) is 55.8 Å². The first-order chi connectivity index (χ1) is 13.9. The number of benzene rings is 2. The van der Waals surface area contributed by atoms with Crippen molar-refractivity contribution in [3.05, 3.63) is 59.7 Å². The highest BCUT2D eigenvalue weighted by Gasteiger charge is 2.18. The van der Waals surface area contributed by atoms with Crippen molar-refractivity contribution < 1.29 is 28.7 Å². The minimum atomic E-state index is -1.04. The van der Waals surface area contributed by atoms with E-state index in [9.17, 15) is 14.4 Å². The number of ketones is 1. The first-order valence-electron chi connectivity index (χ1n) is 8.80. The van der Waals surface area contributed by atoms with Crippen LogP contribution < -0.4 is 10.1 Å². The molecular formula is C21H22N2O6. The number of rotatable bonds is 9. The summed E-state index contributed by atoms with van der Waals surface area (Å²) in [5.74, 6) is -0.669. The number of nitrogens with zero attached hydrogens (tertiary/aromatic N) is 1. The van der Waals surface area contributed by atoms with Crippen LogP contribution in [0.25, 0.3) is 0 Å². The maximum Gasteiger partial charge on any atom is 0.347 e. The number of hydrogen-bond donors (Lipinski definition) is 1. The summed E-state index contributed by atoms with van der Waals surface area (Å²) >= 11 is 0. The van der Waals surface area contributed by atoms with Gasteiger partial charge in [-0.25, -0.2) is 4.79 Å². The quantitative estimate of drug-likeness (QED) is 0.302. The number of carbonyl (C=O) groups excluding carboxylic acids is 3. The van der Waals surface area contributed by atoms with E-state index in [2.05, 4.69) is 10.5 Å². The van der Waals surface area contributed by atoms with Gasteiger partial charge in [-0.15, -0.1) is 0 Å². The van der Waals surface area contributed by atoms with Crippen LogP contribution in [0.3, 0.4) is 0 Å². The van der Waals surface area contributed by atoms with Gasteiger partial charge in [0.05, 0.1) is 13.3 Å². The molecule has 0 spiro atoms. The second kappa shape index (κ2) is 10.6.